The molecule has 0 aliphatic carbocycles. The van der Waals surface area contributed by atoms with E-state index < -0.39 is 18.2 Å². The van der Waals surface area contributed by atoms with Gasteiger partial charge in [0.05, 0.1) is 13.2 Å². The first-order valence-electron chi connectivity index (χ1n) is 4.46. The number of esters is 1. The molecule has 0 rings (SSSR count). The van der Waals surface area contributed by atoms with Gasteiger partial charge in [0, 0.05) is 14.2 Å². The monoisotopic (exact) mass is 222 g/mol. The second kappa shape index (κ2) is 8.60. The number of ether oxygens (including phenoxy) is 5. The zero-order valence-corrected chi connectivity index (χ0v) is 9.52. The molecule has 0 N–H and O–H groups in total. The first-order chi connectivity index (χ1) is 7.17. The summed E-state index contributed by atoms with van der Waals surface area (Å²) in [5.41, 5.74) is 0. The fourth-order valence-electron chi connectivity index (χ4n) is 0.915. The normalized spacial score (nSPS) is 14.7. The number of rotatable bonds is 8. The van der Waals surface area contributed by atoms with Crippen LogP contribution in [0.2, 0.25) is 0 Å². The Hall–Kier alpha value is -0.690. The van der Waals surface area contributed by atoms with Crippen molar-refractivity contribution in [3.05, 3.63) is 0 Å². The molecule has 6 nitrogen and oxygen atoms in total. The fourth-order valence-corrected chi connectivity index (χ4v) is 0.915. The predicted molar refractivity (Wildman–Crippen MR) is 51.2 cm³/mol. The Bertz CT molecular complexity index is 172. The van der Waals surface area contributed by atoms with E-state index in [0.717, 1.165) is 0 Å². The van der Waals surface area contributed by atoms with Crippen molar-refractivity contribution in [3.8, 4) is 0 Å². The fraction of sp³-hybridized carbons (Fsp3) is 0.889. The summed E-state index contributed by atoms with van der Waals surface area (Å²) in [6.45, 7) is 1.78. The van der Waals surface area contributed by atoms with Crippen LogP contribution in [0.15, 0.2) is 0 Å². The zero-order valence-electron chi connectivity index (χ0n) is 9.52. The summed E-state index contributed by atoms with van der Waals surface area (Å²) in [5, 5.41) is 0. The average molecular weight is 222 g/mol. The second-order valence-corrected chi connectivity index (χ2v) is 2.80. The number of hydrogen-bond donors (Lipinski definition) is 0. The van der Waals surface area contributed by atoms with Crippen LogP contribution in [0, 0.1) is 0 Å². The van der Waals surface area contributed by atoms with Gasteiger partial charge in [0.1, 0.15) is 13.6 Å². The summed E-state index contributed by atoms with van der Waals surface area (Å²) in [6, 6.07) is 0. The SMILES string of the molecule is COCO[C@H](C(=O)OC)[C@@H](C)OCOC. The van der Waals surface area contributed by atoms with E-state index in [0.29, 0.717) is 0 Å². The first kappa shape index (κ1) is 14.3. The summed E-state index contributed by atoms with van der Waals surface area (Å²) in [6.07, 6.45) is -1.28. The van der Waals surface area contributed by atoms with Crippen LogP contribution in [-0.2, 0) is 28.5 Å². The van der Waals surface area contributed by atoms with Gasteiger partial charge < -0.3 is 23.7 Å². The molecule has 0 aliphatic rings. The van der Waals surface area contributed by atoms with Crippen molar-refractivity contribution < 1.29 is 28.5 Å². The molecule has 0 saturated heterocycles. The van der Waals surface area contributed by atoms with Crippen LogP contribution in [0.1, 0.15) is 6.92 Å². The number of hydrogen-bond acceptors (Lipinski definition) is 6. The van der Waals surface area contributed by atoms with E-state index >= 15 is 0 Å². The van der Waals surface area contributed by atoms with Crippen molar-refractivity contribution >= 4 is 5.97 Å². The topological polar surface area (TPSA) is 63.2 Å². The highest BCUT2D eigenvalue weighted by Gasteiger charge is 2.27. The summed E-state index contributed by atoms with van der Waals surface area (Å²) in [5.74, 6) is -0.504. The Balaban J connectivity index is 4.13. The van der Waals surface area contributed by atoms with Crippen LogP contribution < -0.4 is 0 Å². The lowest BCUT2D eigenvalue weighted by molar-refractivity contribution is -0.184. The molecular weight excluding hydrogens is 204 g/mol. The summed E-state index contributed by atoms with van der Waals surface area (Å²) in [7, 11) is 4.25. The van der Waals surface area contributed by atoms with Gasteiger partial charge in [0.25, 0.3) is 0 Å². The average Bonchev–Trinajstić information content (AvgIpc) is 2.26. The molecule has 0 saturated carbocycles. The maximum absolute atomic E-state index is 11.3. The Labute approximate surface area is 89.4 Å². The number of carbonyl (C=O) groups excluding carboxylic acids is 1. The van der Waals surface area contributed by atoms with E-state index in [1.165, 1.54) is 21.3 Å². The van der Waals surface area contributed by atoms with Crippen molar-refractivity contribution in [2.75, 3.05) is 34.9 Å². The van der Waals surface area contributed by atoms with Crippen molar-refractivity contribution in [2.24, 2.45) is 0 Å². The minimum absolute atomic E-state index is 0.000445. The smallest absolute Gasteiger partial charge is 0.337 e. The number of methoxy groups -OCH3 is 3. The lowest BCUT2D eigenvalue weighted by Gasteiger charge is -2.21. The van der Waals surface area contributed by atoms with Gasteiger partial charge >= 0.3 is 5.97 Å². The van der Waals surface area contributed by atoms with Gasteiger partial charge in [-0.3, -0.25) is 0 Å². The molecular formula is C9H18O6. The lowest BCUT2D eigenvalue weighted by atomic mass is 10.2. The highest BCUT2D eigenvalue weighted by Crippen LogP contribution is 2.06. The Kier molecular flexibility index (Phi) is 8.21. The molecule has 15 heavy (non-hydrogen) atoms. The quantitative estimate of drug-likeness (QED) is 0.430. The Morgan fingerprint density at radius 1 is 1.07 bits per heavy atom. The van der Waals surface area contributed by atoms with Crippen molar-refractivity contribution in [1.29, 1.82) is 0 Å². The second-order valence-electron chi connectivity index (χ2n) is 2.80. The molecule has 0 heterocycles. The Morgan fingerprint density at radius 2 is 1.60 bits per heavy atom. The van der Waals surface area contributed by atoms with E-state index in [-0.39, 0.29) is 13.6 Å². The van der Waals surface area contributed by atoms with E-state index in [9.17, 15) is 4.79 Å². The molecule has 0 aromatic carbocycles. The van der Waals surface area contributed by atoms with Gasteiger partial charge in [-0.15, -0.1) is 0 Å². The van der Waals surface area contributed by atoms with Gasteiger partial charge in [-0.25, -0.2) is 4.79 Å². The highest BCUT2D eigenvalue weighted by molar-refractivity contribution is 5.75. The van der Waals surface area contributed by atoms with Crippen LogP contribution in [0.3, 0.4) is 0 Å². The van der Waals surface area contributed by atoms with Gasteiger partial charge in [0.15, 0.2) is 6.10 Å². The molecule has 2 atom stereocenters. The molecule has 90 valence electrons. The first-order valence-corrected chi connectivity index (χ1v) is 4.46. The summed E-state index contributed by atoms with van der Waals surface area (Å²) < 4.78 is 24.3. The van der Waals surface area contributed by atoms with E-state index in [1.807, 2.05) is 0 Å². The van der Waals surface area contributed by atoms with Crippen LogP contribution in [-0.4, -0.2) is 53.1 Å². The minimum atomic E-state index is -0.815. The molecule has 6 heteroatoms. The standard InChI is InChI=1S/C9H18O6/c1-7(14-5-11-2)8(9(10)13-4)15-6-12-3/h7-8H,5-6H2,1-4H3/t7-,8+/m1/s1. The largest absolute Gasteiger partial charge is 0.467 e. The maximum atomic E-state index is 11.3. The Morgan fingerprint density at radius 3 is 2.07 bits per heavy atom. The van der Waals surface area contributed by atoms with Crippen LogP contribution in [0.5, 0.6) is 0 Å². The molecule has 0 aliphatic heterocycles. The van der Waals surface area contributed by atoms with E-state index in [2.05, 4.69) is 4.74 Å². The van der Waals surface area contributed by atoms with Gasteiger partial charge in [-0.2, -0.15) is 0 Å². The third kappa shape index (κ3) is 5.68. The van der Waals surface area contributed by atoms with Crippen LogP contribution in [0.25, 0.3) is 0 Å². The van der Waals surface area contributed by atoms with E-state index in [1.54, 1.807) is 6.92 Å². The van der Waals surface area contributed by atoms with Crippen molar-refractivity contribution in [1.82, 2.24) is 0 Å². The van der Waals surface area contributed by atoms with Crippen molar-refractivity contribution in [3.63, 3.8) is 0 Å². The molecule has 0 radical (unpaired) electrons. The molecule has 0 amide bonds. The molecule has 0 aromatic heterocycles. The molecule has 0 bridgehead atoms. The lowest BCUT2D eigenvalue weighted by Crippen LogP contribution is -2.38. The minimum Gasteiger partial charge on any atom is -0.467 e. The van der Waals surface area contributed by atoms with Crippen LogP contribution in [0.4, 0.5) is 0 Å². The van der Waals surface area contributed by atoms with Gasteiger partial charge in [-0.05, 0) is 6.92 Å². The van der Waals surface area contributed by atoms with Crippen LogP contribution >= 0.6 is 0 Å². The van der Waals surface area contributed by atoms with Gasteiger partial charge in [0.2, 0.25) is 0 Å². The molecule has 0 aromatic rings. The summed E-state index contributed by atoms with van der Waals surface area (Å²) in [4.78, 5) is 11.3. The summed E-state index contributed by atoms with van der Waals surface area (Å²) >= 11 is 0. The highest BCUT2D eigenvalue weighted by atomic mass is 16.7. The van der Waals surface area contributed by atoms with E-state index in [4.69, 9.17) is 18.9 Å². The maximum Gasteiger partial charge on any atom is 0.337 e. The molecule has 0 unspecified atom stereocenters. The van der Waals surface area contributed by atoms with Crippen molar-refractivity contribution in [2.45, 2.75) is 19.1 Å². The third-order valence-electron chi connectivity index (χ3n) is 1.67. The third-order valence-corrected chi connectivity index (χ3v) is 1.67. The molecule has 0 spiro atoms. The predicted octanol–water partition coefficient (Wildman–Crippen LogP) is 0.157. The van der Waals surface area contributed by atoms with Gasteiger partial charge in [-0.1, -0.05) is 0 Å². The zero-order chi connectivity index (χ0) is 11.7. The molecule has 0 fully saturated rings. The number of carbonyl (C=O) groups is 1.